The van der Waals surface area contributed by atoms with Crippen LogP contribution < -0.4 is 5.32 Å². The zero-order valence-corrected chi connectivity index (χ0v) is 6.40. The van der Waals surface area contributed by atoms with Gasteiger partial charge in [-0.2, -0.15) is 5.26 Å². The average molecular weight is 172 g/mol. The monoisotopic (exact) mass is 172 g/mol. The number of carboxylic acid groups (broad SMARTS) is 1. The highest BCUT2D eigenvalue weighted by molar-refractivity contribution is 5.83. The molecule has 1 unspecified atom stereocenters. The molecular formula is C6H8N2O4. The van der Waals surface area contributed by atoms with E-state index < -0.39 is 18.1 Å². The highest BCUT2D eigenvalue weighted by Crippen LogP contribution is 1.87. The zero-order chi connectivity index (χ0) is 9.56. The van der Waals surface area contributed by atoms with E-state index in [4.69, 9.17) is 10.4 Å². The molecule has 0 aromatic rings. The number of nitrogens with one attached hydrogen (secondary N) is 1. The Morgan fingerprint density at radius 2 is 2.33 bits per heavy atom. The maximum atomic E-state index is 10.7. The van der Waals surface area contributed by atoms with E-state index in [1.165, 1.54) is 6.07 Å². The summed E-state index contributed by atoms with van der Waals surface area (Å²) in [5.74, 6) is -0.887. The summed E-state index contributed by atoms with van der Waals surface area (Å²) in [6, 6.07) is 0.00931. The summed E-state index contributed by atoms with van der Waals surface area (Å²) in [5.41, 5.74) is 0. The van der Waals surface area contributed by atoms with Crippen molar-refractivity contribution in [3.63, 3.8) is 0 Å². The van der Waals surface area contributed by atoms with E-state index in [1.54, 1.807) is 12.2 Å². The molecule has 0 aliphatic heterocycles. The quantitative estimate of drug-likeness (QED) is 0.570. The Bertz CT molecular complexity index is 220. The van der Waals surface area contributed by atoms with Gasteiger partial charge >= 0.3 is 12.1 Å². The summed E-state index contributed by atoms with van der Waals surface area (Å²) in [4.78, 5) is 20.7. The van der Waals surface area contributed by atoms with E-state index in [1.807, 2.05) is 0 Å². The van der Waals surface area contributed by atoms with Crippen molar-refractivity contribution in [3.05, 3.63) is 0 Å². The number of hydrogen-bond acceptors (Lipinski definition) is 4. The predicted octanol–water partition coefficient (Wildman–Crippen LogP) is -0.291. The summed E-state index contributed by atoms with van der Waals surface area (Å²) in [6.07, 6.45) is -1.44. The molecule has 0 heterocycles. The molecule has 0 spiro atoms. The van der Waals surface area contributed by atoms with Gasteiger partial charge in [-0.25, -0.2) is 9.59 Å². The molecule has 12 heavy (non-hydrogen) atoms. The number of nitriles is 1. The topological polar surface area (TPSA) is 99.4 Å². The minimum Gasteiger partial charge on any atom is -0.465 e. The van der Waals surface area contributed by atoms with Gasteiger partial charge in [0.25, 0.3) is 0 Å². The van der Waals surface area contributed by atoms with E-state index in [9.17, 15) is 9.59 Å². The summed E-state index contributed by atoms with van der Waals surface area (Å²) in [5, 5.41) is 18.2. The summed E-state index contributed by atoms with van der Waals surface area (Å²) < 4.78 is 4.41. The van der Waals surface area contributed by atoms with Gasteiger partial charge in [-0.3, -0.25) is 5.32 Å². The highest BCUT2D eigenvalue weighted by Gasteiger charge is 2.20. The Kier molecular flexibility index (Phi) is 4.23. The van der Waals surface area contributed by atoms with Crippen molar-refractivity contribution in [1.29, 1.82) is 5.26 Å². The van der Waals surface area contributed by atoms with Gasteiger partial charge in [-0.1, -0.05) is 0 Å². The van der Waals surface area contributed by atoms with Gasteiger partial charge in [0.2, 0.25) is 6.04 Å². The first kappa shape index (κ1) is 10.2. The van der Waals surface area contributed by atoms with Gasteiger partial charge < -0.3 is 9.84 Å². The molecule has 0 aliphatic rings. The van der Waals surface area contributed by atoms with Crippen LogP contribution >= 0.6 is 0 Å². The van der Waals surface area contributed by atoms with Crippen molar-refractivity contribution < 1.29 is 19.4 Å². The van der Waals surface area contributed by atoms with Crippen LogP contribution in [0, 0.1) is 11.3 Å². The smallest absolute Gasteiger partial charge is 0.406 e. The second kappa shape index (κ2) is 4.96. The van der Waals surface area contributed by atoms with Gasteiger partial charge in [0, 0.05) is 0 Å². The Labute approximate surface area is 68.7 Å². The number of carbonyl (C=O) groups is 2. The zero-order valence-electron chi connectivity index (χ0n) is 6.40. The van der Waals surface area contributed by atoms with Crippen molar-refractivity contribution in [3.8, 4) is 6.07 Å². The summed E-state index contributed by atoms with van der Waals surface area (Å²) in [7, 11) is 0. The van der Waals surface area contributed by atoms with Crippen LogP contribution in [-0.4, -0.2) is 29.8 Å². The minimum atomic E-state index is -1.44. The lowest BCUT2D eigenvalue weighted by molar-refractivity contribution is -0.143. The number of esters is 1. The molecule has 6 nitrogen and oxygen atoms in total. The third kappa shape index (κ3) is 3.41. The minimum absolute atomic E-state index is 0.109. The van der Waals surface area contributed by atoms with E-state index in [2.05, 4.69) is 4.74 Å². The molecule has 0 saturated heterocycles. The third-order valence-corrected chi connectivity index (χ3v) is 0.919. The van der Waals surface area contributed by atoms with Crippen molar-refractivity contribution in [2.24, 2.45) is 0 Å². The molecule has 0 aromatic carbocycles. The van der Waals surface area contributed by atoms with Crippen LogP contribution in [0.25, 0.3) is 0 Å². The first-order chi connectivity index (χ1) is 5.61. The van der Waals surface area contributed by atoms with Crippen LogP contribution in [0.15, 0.2) is 0 Å². The van der Waals surface area contributed by atoms with Gasteiger partial charge in [-0.05, 0) is 6.92 Å². The highest BCUT2D eigenvalue weighted by atomic mass is 16.5. The Morgan fingerprint density at radius 1 is 1.75 bits per heavy atom. The number of nitrogens with zero attached hydrogens (tertiary/aromatic N) is 1. The van der Waals surface area contributed by atoms with Crippen molar-refractivity contribution in [2.45, 2.75) is 13.0 Å². The summed E-state index contributed by atoms with van der Waals surface area (Å²) >= 11 is 0. The predicted molar refractivity (Wildman–Crippen MR) is 37.2 cm³/mol. The summed E-state index contributed by atoms with van der Waals surface area (Å²) in [6.45, 7) is 1.67. The maximum Gasteiger partial charge on any atom is 0.406 e. The van der Waals surface area contributed by atoms with Crippen LogP contribution in [-0.2, 0) is 9.53 Å². The number of hydrogen-bond donors (Lipinski definition) is 2. The standard InChI is InChI=1S/C6H8N2O4/c1-2-12-5(9)4(3-7)8-6(10)11/h4,8H,2H2,1H3,(H,10,11). The number of rotatable bonds is 3. The fraction of sp³-hybridized carbons (Fsp3) is 0.500. The first-order valence-corrected chi connectivity index (χ1v) is 3.17. The Hall–Kier alpha value is -1.77. The Balaban J connectivity index is 4.08. The molecule has 1 atom stereocenters. The van der Waals surface area contributed by atoms with E-state index in [0.29, 0.717) is 0 Å². The molecule has 1 amide bonds. The van der Waals surface area contributed by atoms with Crippen LogP contribution in [0.5, 0.6) is 0 Å². The molecule has 0 bridgehead atoms. The fourth-order valence-electron chi connectivity index (χ4n) is 0.493. The van der Waals surface area contributed by atoms with E-state index >= 15 is 0 Å². The van der Waals surface area contributed by atoms with Gasteiger partial charge in [0.15, 0.2) is 0 Å². The normalized spacial score (nSPS) is 11.0. The SMILES string of the molecule is CCOC(=O)C(C#N)NC(=O)O. The molecular weight excluding hydrogens is 164 g/mol. The maximum absolute atomic E-state index is 10.7. The fourth-order valence-corrected chi connectivity index (χ4v) is 0.493. The van der Waals surface area contributed by atoms with Crippen molar-refractivity contribution in [2.75, 3.05) is 6.61 Å². The number of ether oxygens (including phenoxy) is 1. The lowest BCUT2D eigenvalue weighted by Gasteiger charge is -2.06. The first-order valence-electron chi connectivity index (χ1n) is 3.17. The molecule has 0 rings (SSSR count). The van der Waals surface area contributed by atoms with E-state index in [0.717, 1.165) is 0 Å². The second-order valence-electron chi connectivity index (χ2n) is 1.76. The van der Waals surface area contributed by atoms with Crippen LogP contribution in [0.3, 0.4) is 0 Å². The van der Waals surface area contributed by atoms with Crippen LogP contribution in [0.4, 0.5) is 4.79 Å². The molecule has 0 aromatic heterocycles. The van der Waals surface area contributed by atoms with Crippen LogP contribution in [0.1, 0.15) is 6.92 Å². The average Bonchev–Trinajstić information content (AvgIpc) is 2.00. The van der Waals surface area contributed by atoms with Crippen molar-refractivity contribution in [1.82, 2.24) is 5.32 Å². The van der Waals surface area contributed by atoms with Gasteiger partial charge in [0.1, 0.15) is 0 Å². The Morgan fingerprint density at radius 3 is 2.67 bits per heavy atom. The molecule has 0 radical (unpaired) electrons. The van der Waals surface area contributed by atoms with Crippen molar-refractivity contribution >= 4 is 12.1 Å². The van der Waals surface area contributed by atoms with Gasteiger partial charge in [-0.15, -0.1) is 0 Å². The van der Waals surface area contributed by atoms with Crippen LogP contribution in [0.2, 0.25) is 0 Å². The number of carbonyl (C=O) groups excluding carboxylic acids is 1. The van der Waals surface area contributed by atoms with E-state index in [-0.39, 0.29) is 6.61 Å². The molecule has 0 saturated carbocycles. The molecule has 0 fully saturated rings. The lowest BCUT2D eigenvalue weighted by atomic mass is 10.3. The molecule has 2 N–H and O–H groups in total. The van der Waals surface area contributed by atoms with Gasteiger partial charge in [0.05, 0.1) is 12.7 Å². The largest absolute Gasteiger partial charge is 0.465 e. The lowest BCUT2D eigenvalue weighted by Crippen LogP contribution is -2.39. The molecule has 66 valence electrons. The number of amides is 1. The second-order valence-corrected chi connectivity index (χ2v) is 1.76. The molecule has 6 heteroatoms. The third-order valence-electron chi connectivity index (χ3n) is 0.919. The molecule has 0 aliphatic carbocycles.